The van der Waals surface area contributed by atoms with Crippen molar-refractivity contribution in [3.05, 3.63) is 109 Å². The van der Waals surface area contributed by atoms with Crippen molar-refractivity contribution in [2.75, 3.05) is 0 Å². The fourth-order valence-corrected chi connectivity index (χ4v) is 4.51. The van der Waals surface area contributed by atoms with E-state index >= 15 is 0 Å². The van der Waals surface area contributed by atoms with Gasteiger partial charge in [-0.1, -0.05) is 36.4 Å². The number of ether oxygens (including phenoxy) is 1. The molecule has 0 saturated carbocycles. The normalized spacial score (nSPS) is 11.3. The van der Waals surface area contributed by atoms with E-state index in [4.69, 9.17) is 9.72 Å². The Morgan fingerprint density at radius 2 is 1.66 bits per heavy atom. The molecule has 0 spiro atoms. The second-order valence-electron chi connectivity index (χ2n) is 8.87. The highest BCUT2D eigenvalue weighted by atomic mass is 16.5. The topological polar surface area (TPSA) is 105 Å². The van der Waals surface area contributed by atoms with Gasteiger partial charge in [0.05, 0.1) is 34.5 Å². The van der Waals surface area contributed by atoms with Crippen LogP contribution >= 0.6 is 0 Å². The van der Waals surface area contributed by atoms with Gasteiger partial charge in [0.25, 0.3) is 0 Å². The average molecular weight is 496 g/mol. The summed E-state index contributed by atoms with van der Waals surface area (Å²) >= 11 is 0. The zero-order valence-corrected chi connectivity index (χ0v) is 20.2. The van der Waals surface area contributed by atoms with Gasteiger partial charge in [0.1, 0.15) is 23.6 Å². The van der Waals surface area contributed by atoms with Crippen molar-refractivity contribution >= 4 is 21.9 Å². The molecular formula is C30H21N7O. The predicted molar refractivity (Wildman–Crippen MR) is 146 cm³/mol. The van der Waals surface area contributed by atoms with Crippen molar-refractivity contribution < 1.29 is 4.74 Å². The van der Waals surface area contributed by atoms with E-state index in [1.807, 2.05) is 72.8 Å². The van der Waals surface area contributed by atoms with Gasteiger partial charge >= 0.3 is 0 Å². The molecule has 8 heteroatoms. The molecule has 182 valence electrons. The number of fused-ring (bicyclic) bond motifs is 2. The van der Waals surface area contributed by atoms with Crippen LogP contribution in [0.1, 0.15) is 5.56 Å². The molecule has 0 unspecified atom stereocenters. The van der Waals surface area contributed by atoms with Gasteiger partial charge in [0.15, 0.2) is 0 Å². The van der Waals surface area contributed by atoms with Gasteiger partial charge in [0, 0.05) is 35.1 Å². The maximum absolute atomic E-state index is 5.98. The maximum atomic E-state index is 5.98. The number of nitrogens with one attached hydrogen (secondary N) is 2. The highest BCUT2D eigenvalue weighted by Gasteiger charge is 2.16. The summed E-state index contributed by atoms with van der Waals surface area (Å²) in [6.07, 6.45) is 7.06. The van der Waals surface area contributed by atoms with Gasteiger partial charge in [-0.05, 0) is 48.0 Å². The van der Waals surface area contributed by atoms with E-state index in [0.29, 0.717) is 12.4 Å². The molecule has 0 fully saturated rings. The first-order valence-electron chi connectivity index (χ1n) is 12.2. The van der Waals surface area contributed by atoms with E-state index in [1.165, 1.54) is 0 Å². The number of H-pyrrole nitrogens is 2. The van der Waals surface area contributed by atoms with Gasteiger partial charge in [-0.2, -0.15) is 5.10 Å². The average Bonchev–Trinajstić information content (AvgIpc) is 3.61. The number of aromatic nitrogens is 7. The molecule has 0 aliphatic carbocycles. The molecule has 8 nitrogen and oxygen atoms in total. The van der Waals surface area contributed by atoms with Crippen LogP contribution in [0.4, 0.5) is 0 Å². The first-order chi connectivity index (χ1) is 18.8. The molecule has 0 amide bonds. The van der Waals surface area contributed by atoms with Crippen LogP contribution in [0.5, 0.6) is 5.75 Å². The van der Waals surface area contributed by atoms with E-state index in [0.717, 1.165) is 61.5 Å². The van der Waals surface area contributed by atoms with Crippen molar-refractivity contribution in [2.45, 2.75) is 6.61 Å². The minimum Gasteiger partial charge on any atom is -0.487 e. The molecule has 0 bridgehead atoms. The molecule has 0 radical (unpaired) electrons. The molecule has 7 rings (SSSR count). The van der Waals surface area contributed by atoms with Gasteiger partial charge in [-0.3, -0.25) is 20.1 Å². The quantitative estimate of drug-likeness (QED) is 0.284. The van der Waals surface area contributed by atoms with Gasteiger partial charge in [0.2, 0.25) is 0 Å². The highest BCUT2D eigenvalue weighted by Crippen LogP contribution is 2.33. The Morgan fingerprint density at radius 3 is 2.55 bits per heavy atom. The lowest BCUT2D eigenvalue weighted by Gasteiger charge is -2.08. The van der Waals surface area contributed by atoms with E-state index < -0.39 is 0 Å². The molecule has 6 aromatic heterocycles. The molecule has 0 aliphatic heterocycles. The number of benzene rings is 1. The first-order valence-corrected chi connectivity index (χ1v) is 12.2. The van der Waals surface area contributed by atoms with Crippen LogP contribution in [0.15, 0.2) is 104 Å². The third kappa shape index (κ3) is 4.04. The SMILES string of the molecule is c1ccc(COc2cncc(-c3ccc4[nH]nc(-c5cc6c(-c7ccccn7)nccc6[nH]5)c4n3)c2)cc1. The number of aromatic amines is 2. The lowest BCUT2D eigenvalue weighted by molar-refractivity contribution is 0.305. The van der Waals surface area contributed by atoms with E-state index in [2.05, 4.69) is 36.2 Å². The van der Waals surface area contributed by atoms with Crippen LogP contribution in [0, 0.1) is 0 Å². The van der Waals surface area contributed by atoms with Crippen molar-refractivity contribution in [1.29, 1.82) is 0 Å². The zero-order chi connectivity index (χ0) is 25.3. The number of nitrogens with zero attached hydrogens (tertiary/aromatic N) is 5. The number of hydrogen-bond donors (Lipinski definition) is 2. The largest absolute Gasteiger partial charge is 0.487 e. The van der Waals surface area contributed by atoms with E-state index in [-0.39, 0.29) is 0 Å². The number of pyridine rings is 4. The number of rotatable bonds is 6. The van der Waals surface area contributed by atoms with Gasteiger partial charge in [-0.25, -0.2) is 4.98 Å². The third-order valence-corrected chi connectivity index (χ3v) is 6.38. The van der Waals surface area contributed by atoms with Crippen molar-refractivity contribution in [2.24, 2.45) is 0 Å². The zero-order valence-electron chi connectivity index (χ0n) is 20.2. The summed E-state index contributed by atoms with van der Waals surface area (Å²) in [7, 11) is 0. The highest BCUT2D eigenvalue weighted by molar-refractivity contribution is 5.98. The fourth-order valence-electron chi connectivity index (χ4n) is 4.51. The standard InChI is InChI=1S/C30H21N7O/c1-2-6-19(7-3-1)18-38-21-14-20(16-31-17-21)23-9-10-26-29(35-23)30(37-36-26)27-15-22-24(34-27)11-13-33-28(22)25-8-4-5-12-32-25/h1-17,34H,18H2,(H,36,37). The van der Waals surface area contributed by atoms with E-state index in [1.54, 1.807) is 24.8 Å². The van der Waals surface area contributed by atoms with Gasteiger partial charge in [-0.15, -0.1) is 0 Å². The summed E-state index contributed by atoms with van der Waals surface area (Å²) in [6.45, 7) is 0.472. The summed E-state index contributed by atoms with van der Waals surface area (Å²) in [5, 5.41) is 8.66. The Morgan fingerprint density at radius 1 is 0.737 bits per heavy atom. The van der Waals surface area contributed by atoms with E-state index in [9.17, 15) is 0 Å². The smallest absolute Gasteiger partial charge is 0.138 e. The van der Waals surface area contributed by atoms with Crippen LogP contribution in [-0.2, 0) is 6.61 Å². The molecular weight excluding hydrogens is 474 g/mol. The Labute approximate surface area is 217 Å². The van der Waals surface area contributed by atoms with Crippen molar-refractivity contribution in [3.63, 3.8) is 0 Å². The van der Waals surface area contributed by atoms with Crippen LogP contribution in [0.25, 0.3) is 56.0 Å². The molecule has 38 heavy (non-hydrogen) atoms. The summed E-state index contributed by atoms with van der Waals surface area (Å²) < 4.78 is 5.98. The first kappa shape index (κ1) is 21.9. The second kappa shape index (κ2) is 9.25. The number of hydrogen-bond acceptors (Lipinski definition) is 6. The minimum absolute atomic E-state index is 0.472. The summed E-state index contributed by atoms with van der Waals surface area (Å²) in [5.74, 6) is 0.686. The molecule has 0 saturated heterocycles. The molecule has 6 heterocycles. The van der Waals surface area contributed by atoms with Crippen molar-refractivity contribution in [3.8, 4) is 39.8 Å². The lowest BCUT2D eigenvalue weighted by Crippen LogP contribution is -1.96. The fraction of sp³-hybridized carbons (Fsp3) is 0.0333. The molecule has 7 aromatic rings. The van der Waals surface area contributed by atoms with Crippen LogP contribution in [0.2, 0.25) is 0 Å². The van der Waals surface area contributed by atoms with Gasteiger partial charge < -0.3 is 9.72 Å². The lowest BCUT2D eigenvalue weighted by atomic mass is 10.1. The Kier molecular flexibility index (Phi) is 5.33. The minimum atomic E-state index is 0.472. The summed E-state index contributed by atoms with van der Waals surface area (Å²) in [6, 6.07) is 25.8. The molecule has 0 aliphatic rings. The Balaban J connectivity index is 1.24. The maximum Gasteiger partial charge on any atom is 0.138 e. The Bertz CT molecular complexity index is 1880. The third-order valence-electron chi connectivity index (χ3n) is 6.38. The molecule has 0 atom stereocenters. The summed E-state index contributed by atoms with van der Waals surface area (Å²) in [4.78, 5) is 21.9. The Hall–Kier alpha value is -5.37. The van der Waals surface area contributed by atoms with Crippen molar-refractivity contribution in [1.82, 2.24) is 35.1 Å². The predicted octanol–water partition coefficient (Wildman–Crippen LogP) is 6.20. The van der Waals surface area contributed by atoms with Crippen LogP contribution in [-0.4, -0.2) is 35.1 Å². The molecule has 2 N–H and O–H groups in total. The summed E-state index contributed by atoms with van der Waals surface area (Å²) in [5.41, 5.74) is 8.51. The molecule has 1 aromatic carbocycles. The van der Waals surface area contributed by atoms with Crippen LogP contribution in [0.3, 0.4) is 0 Å². The van der Waals surface area contributed by atoms with Crippen LogP contribution < -0.4 is 4.74 Å². The second-order valence-corrected chi connectivity index (χ2v) is 8.87. The monoisotopic (exact) mass is 495 g/mol.